The van der Waals surface area contributed by atoms with Crippen molar-refractivity contribution in [1.82, 2.24) is 0 Å². The number of thiophene rings is 1. The third-order valence-electron chi connectivity index (χ3n) is 5.88. The van der Waals surface area contributed by atoms with Crippen LogP contribution in [0, 0.1) is 19.8 Å². The fourth-order valence-electron chi connectivity index (χ4n) is 4.18. The number of phenolic OH excluding ortho intramolecular Hbond substituents is 1. The minimum atomic E-state index is -0.144. The first-order chi connectivity index (χ1) is 15.9. The zero-order chi connectivity index (χ0) is 23.4. The molecule has 2 aromatic carbocycles. The number of aromatic hydroxyl groups is 1. The van der Waals surface area contributed by atoms with E-state index in [1.807, 2.05) is 37.4 Å². The Morgan fingerprint density at radius 3 is 2.39 bits per heavy atom. The predicted molar refractivity (Wildman–Crippen MR) is 132 cm³/mol. The summed E-state index contributed by atoms with van der Waals surface area (Å²) in [4.78, 5) is 25.6. The molecule has 3 N–H and O–H groups in total. The number of rotatable bonds is 6. The van der Waals surface area contributed by atoms with Gasteiger partial charge in [0, 0.05) is 17.7 Å². The minimum absolute atomic E-state index is 0.00610. The van der Waals surface area contributed by atoms with Gasteiger partial charge in [0.1, 0.15) is 17.2 Å². The van der Waals surface area contributed by atoms with Crippen molar-refractivity contribution in [2.45, 2.75) is 46.0 Å². The van der Waals surface area contributed by atoms with Crippen LogP contribution in [0.4, 0.5) is 11.4 Å². The van der Waals surface area contributed by atoms with Crippen molar-refractivity contribution < 1.29 is 19.4 Å². The van der Waals surface area contributed by atoms with E-state index in [-0.39, 0.29) is 23.5 Å². The lowest BCUT2D eigenvalue weighted by molar-refractivity contribution is -0.120. The van der Waals surface area contributed by atoms with Gasteiger partial charge in [0.2, 0.25) is 5.91 Å². The van der Waals surface area contributed by atoms with Gasteiger partial charge in [-0.3, -0.25) is 9.59 Å². The molecule has 1 aliphatic rings. The molecular formula is C26H28N2O4S. The molecule has 1 fully saturated rings. The lowest BCUT2D eigenvalue weighted by Crippen LogP contribution is -2.24. The van der Waals surface area contributed by atoms with Gasteiger partial charge in [-0.2, -0.15) is 0 Å². The molecule has 1 aromatic heterocycles. The maximum atomic E-state index is 12.6. The summed E-state index contributed by atoms with van der Waals surface area (Å²) in [6, 6.07) is 12.2. The summed E-state index contributed by atoms with van der Waals surface area (Å²) in [6.45, 7) is 3.82. The van der Waals surface area contributed by atoms with E-state index in [0.29, 0.717) is 27.8 Å². The van der Waals surface area contributed by atoms with Crippen LogP contribution < -0.4 is 15.4 Å². The van der Waals surface area contributed by atoms with Gasteiger partial charge < -0.3 is 20.5 Å². The number of carbonyl (C=O) groups excluding carboxylic acids is 2. The highest BCUT2D eigenvalue weighted by Crippen LogP contribution is 2.36. The van der Waals surface area contributed by atoms with Gasteiger partial charge in [-0.05, 0) is 73.5 Å². The summed E-state index contributed by atoms with van der Waals surface area (Å²) in [5, 5.41) is 17.9. The molecule has 2 amide bonds. The number of aryl methyl sites for hydroxylation is 2. The molecule has 6 nitrogen and oxygen atoms in total. The van der Waals surface area contributed by atoms with Gasteiger partial charge >= 0.3 is 0 Å². The highest BCUT2D eigenvalue weighted by molar-refractivity contribution is 7.12. The van der Waals surface area contributed by atoms with Crippen molar-refractivity contribution in [2.24, 2.45) is 5.92 Å². The Morgan fingerprint density at radius 1 is 1.00 bits per heavy atom. The van der Waals surface area contributed by atoms with Gasteiger partial charge in [0.15, 0.2) is 0 Å². The summed E-state index contributed by atoms with van der Waals surface area (Å²) < 4.78 is 6.12. The maximum absolute atomic E-state index is 12.6. The second-order valence-electron chi connectivity index (χ2n) is 8.48. The number of phenols is 1. The first kappa shape index (κ1) is 22.9. The Bertz CT molecular complexity index is 1130. The maximum Gasteiger partial charge on any atom is 0.265 e. The second kappa shape index (κ2) is 10.1. The standard InChI is InChI=1S/C26H28N2O4S/c1-16-13-19(27-26(31)23-9-6-12-33-23)14-17(2)24(16)32-20-10-11-22(29)21(15-20)28-25(30)18-7-4-3-5-8-18/h6,9-15,18,29H,3-5,7-8H2,1-2H3,(H,27,31)(H,28,30). The molecule has 1 aliphatic carbocycles. The Balaban J connectivity index is 1.48. The zero-order valence-electron chi connectivity index (χ0n) is 18.8. The summed E-state index contributed by atoms with van der Waals surface area (Å²) in [5.74, 6) is 0.970. The summed E-state index contributed by atoms with van der Waals surface area (Å²) in [5.41, 5.74) is 2.76. The fourth-order valence-corrected chi connectivity index (χ4v) is 4.80. The number of ether oxygens (including phenoxy) is 1. The second-order valence-corrected chi connectivity index (χ2v) is 9.42. The molecule has 0 saturated heterocycles. The van der Waals surface area contributed by atoms with Crippen LogP contribution in [0.1, 0.15) is 52.9 Å². The number of amides is 2. The van der Waals surface area contributed by atoms with Crippen LogP contribution in [0.25, 0.3) is 0 Å². The Morgan fingerprint density at radius 2 is 1.73 bits per heavy atom. The molecule has 3 aromatic rings. The SMILES string of the molecule is Cc1cc(NC(=O)c2cccs2)cc(C)c1Oc1ccc(O)c(NC(=O)C2CCCCC2)c1. The molecule has 7 heteroatoms. The van der Waals surface area contributed by atoms with E-state index in [0.717, 1.165) is 36.8 Å². The average molecular weight is 465 g/mol. The highest BCUT2D eigenvalue weighted by Gasteiger charge is 2.22. The molecule has 0 bridgehead atoms. The van der Waals surface area contributed by atoms with Crippen molar-refractivity contribution in [3.8, 4) is 17.2 Å². The van der Waals surface area contributed by atoms with Crippen LogP contribution in [0.3, 0.4) is 0 Å². The number of anilines is 2. The number of benzene rings is 2. The minimum Gasteiger partial charge on any atom is -0.506 e. The molecule has 4 rings (SSSR count). The summed E-state index contributed by atoms with van der Waals surface area (Å²) >= 11 is 1.39. The van der Waals surface area contributed by atoms with Gasteiger partial charge in [0.25, 0.3) is 5.91 Å². The van der Waals surface area contributed by atoms with Crippen LogP contribution >= 0.6 is 11.3 Å². The molecule has 0 aliphatic heterocycles. The van der Waals surface area contributed by atoms with Gasteiger partial charge in [0.05, 0.1) is 10.6 Å². The third-order valence-corrected chi connectivity index (χ3v) is 6.75. The molecule has 0 unspecified atom stereocenters. The van der Waals surface area contributed by atoms with Gasteiger partial charge in [-0.25, -0.2) is 0 Å². The third kappa shape index (κ3) is 5.54. The molecule has 33 heavy (non-hydrogen) atoms. The molecule has 0 radical (unpaired) electrons. The quantitative estimate of drug-likeness (QED) is 0.357. The molecule has 0 spiro atoms. The van der Waals surface area contributed by atoms with Crippen molar-refractivity contribution >= 4 is 34.5 Å². The largest absolute Gasteiger partial charge is 0.506 e. The number of nitrogens with one attached hydrogen (secondary N) is 2. The van der Waals surface area contributed by atoms with Crippen LogP contribution in [0.2, 0.25) is 0 Å². The number of hydrogen-bond acceptors (Lipinski definition) is 5. The summed E-state index contributed by atoms with van der Waals surface area (Å²) in [7, 11) is 0. The highest BCUT2D eigenvalue weighted by atomic mass is 32.1. The molecule has 1 heterocycles. The molecule has 0 atom stereocenters. The van der Waals surface area contributed by atoms with E-state index in [1.165, 1.54) is 23.8 Å². The first-order valence-electron chi connectivity index (χ1n) is 11.2. The lowest BCUT2D eigenvalue weighted by Gasteiger charge is -2.21. The van der Waals surface area contributed by atoms with Crippen molar-refractivity contribution in [2.75, 3.05) is 10.6 Å². The topological polar surface area (TPSA) is 87.7 Å². The van der Waals surface area contributed by atoms with Crippen molar-refractivity contribution in [1.29, 1.82) is 0 Å². The Labute approximate surface area is 197 Å². The van der Waals surface area contributed by atoms with Crippen LogP contribution in [-0.2, 0) is 4.79 Å². The fraction of sp³-hybridized carbons (Fsp3) is 0.308. The van der Waals surface area contributed by atoms with E-state index in [9.17, 15) is 14.7 Å². The number of hydrogen-bond donors (Lipinski definition) is 3. The first-order valence-corrected chi connectivity index (χ1v) is 12.1. The average Bonchev–Trinajstić information content (AvgIpc) is 3.34. The predicted octanol–water partition coefficient (Wildman–Crippen LogP) is 6.63. The van der Waals surface area contributed by atoms with E-state index in [2.05, 4.69) is 10.6 Å². The van der Waals surface area contributed by atoms with E-state index < -0.39 is 0 Å². The normalized spacial score (nSPS) is 14.0. The smallest absolute Gasteiger partial charge is 0.265 e. The van der Waals surface area contributed by atoms with Crippen molar-refractivity contribution in [3.63, 3.8) is 0 Å². The van der Waals surface area contributed by atoms with E-state index >= 15 is 0 Å². The van der Waals surface area contributed by atoms with E-state index in [4.69, 9.17) is 4.74 Å². The molecule has 1 saturated carbocycles. The van der Waals surface area contributed by atoms with E-state index in [1.54, 1.807) is 18.2 Å². The lowest BCUT2D eigenvalue weighted by atomic mass is 9.88. The molecule has 172 valence electrons. The Hall–Kier alpha value is -3.32. The molecular weight excluding hydrogens is 436 g/mol. The van der Waals surface area contributed by atoms with Crippen LogP contribution in [0.5, 0.6) is 17.2 Å². The monoisotopic (exact) mass is 464 g/mol. The zero-order valence-corrected chi connectivity index (χ0v) is 19.6. The van der Waals surface area contributed by atoms with Gasteiger partial charge in [-0.15, -0.1) is 11.3 Å². The van der Waals surface area contributed by atoms with Crippen molar-refractivity contribution in [3.05, 3.63) is 63.8 Å². The summed E-state index contributed by atoms with van der Waals surface area (Å²) in [6.07, 6.45) is 5.08. The number of carbonyl (C=O) groups is 2. The van der Waals surface area contributed by atoms with Crippen LogP contribution in [-0.4, -0.2) is 16.9 Å². The van der Waals surface area contributed by atoms with Crippen LogP contribution in [0.15, 0.2) is 47.8 Å². The Kier molecular flexibility index (Phi) is 6.99. The van der Waals surface area contributed by atoms with Gasteiger partial charge in [-0.1, -0.05) is 25.3 Å².